The van der Waals surface area contributed by atoms with Gasteiger partial charge in [0.1, 0.15) is 0 Å². The minimum Gasteiger partial charge on any atom is -0.372 e. The molecule has 0 aromatic heterocycles. The number of amides is 1. The van der Waals surface area contributed by atoms with Crippen LogP contribution < -0.4 is 15.2 Å². The van der Waals surface area contributed by atoms with Gasteiger partial charge in [0.05, 0.1) is 4.90 Å². The number of rotatable bonds is 7. The fraction of sp³-hybridized carbons (Fsp3) is 0.381. The fourth-order valence-corrected chi connectivity index (χ4v) is 3.63. The second-order valence-electron chi connectivity index (χ2n) is 7.55. The number of benzene rings is 2. The molecule has 0 atom stereocenters. The van der Waals surface area contributed by atoms with Gasteiger partial charge >= 0.3 is 0 Å². The first-order valence-electron chi connectivity index (χ1n) is 9.36. The minimum absolute atomic E-state index is 0.0682. The summed E-state index contributed by atoms with van der Waals surface area (Å²) in [6.07, 6.45) is 0. The Labute approximate surface area is 168 Å². The lowest BCUT2D eigenvalue weighted by atomic mass is 9.87. The van der Waals surface area contributed by atoms with Crippen LogP contribution >= 0.6 is 0 Å². The van der Waals surface area contributed by atoms with E-state index in [1.54, 1.807) is 24.3 Å². The summed E-state index contributed by atoms with van der Waals surface area (Å²) < 4.78 is 24.8. The second-order valence-corrected chi connectivity index (χ2v) is 9.24. The van der Waals surface area contributed by atoms with Gasteiger partial charge in [0.2, 0.25) is 0 Å². The highest BCUT2D eigenvalue weighted by molar-refractivity contribution is 7.89. The van der Waals surface area contributed by atoms with Crippen LogP contribution in [0, 0.1) is 0 Å². The summed E-state index contributed by atoms with van der Waals surface area (Å²) in [5.41, 5.74) is 4.62. The topological polar surface area (TPSA) is 78.5 Å². The van der Waals surface area contributed by atoms with Crippen molar-refractivity contribution in [1.29, 1.82) is 0 Å². The van der Waals surface area contributed by atoms with Gasteiger partial charge in [0.25, 0.3) is 15.9 Å². The van der Waals surface area contributed by atoms with E-state index in [1.807, 2.05) is 12.1 Å². The number of sulfonamides is 1. The van der Waals surface area contributed by atoms with Gasteiger partial charge in [0.15, 0.2) is 0 Å². The van der Waals surface area contributed by atoms with Crippen molar-refractivity contribution in [3.05, 3.63) is 59.7 Å². The maximum atomic E-state index is 12.4. The first kappa shape index (κ1) is 21.9. The Morgan fingerprint density at radius 1 is 0.929 bits per heavy atom. The zero-order valence-corrected chi connectivity index (χ0v) is 17.9. The van der Waals surface area contributed by atoms with Crippen LogP contribution in [-0.4, -0.2) is 27.4 Å². The van der Waals surface area contributed by atoms with Crippen molar-refractivity contribution in [2.75, 3.05) is 18.0 Å². The van der Waals surface area contributed by atoms with Gasteiger partial charge < -0.3 is 4.90 Å². The molecular weight excluding hydrogens is 374 g/mol. The molecule has 0 heterocycles. The third-order valence-electron chi connectivity index (χ3n) is 4.59. The summed E-state index contributed by atoms with van der Waals surface area (Å²) in [6, 6.07) is 13.7. The number of hydrazine groups is 1. The highest BCUT2D eigenvalue weighted by Gasteiger charge is 2.18. The van der Waals surface area contributed by atoms with E-state index in [-0.39, 0.29) is 10.3 Å². The number of carbonyl (C=O) groups is 1. The van der Waals surface area contributed by atoms with Crippen molar-refractivity contribution in [2.45, 2.75) is 44.9 Å². The van der Waals surface area contributed by atoms with Gasteiger partial charge in [-0.2, -0.15) is 0 Å². The summed E-state index contributed by atoms with van der Waals surface area (Å²) in [5.74, 6) is -0.513. The van der Waals surface area contributed by atoms with E-state index >= 15 is 0 Å². The molecule has 0 aliphatic carbocycles. The molecule has 0 fully saturated rings. The number of hydrogen-bond donors (Lipinski definition) is 2. The number of anilines is 1. The lowest BCUT2D eigenvalue weighted by Gasteiger charge is -2.21. The van der Waals surface area contributed by atoms with Crippen LogP contribution in [0.5, 0.6) is 0 Å². The van der Waals surface area contributed by atoms with Crippen molar-refractivity contribution < 1.29 is 13.2 Å². The Kier molecular flexibility index (Phi) is 6.85. The molecule has 0 aliphatic heterocycles. The second kappa shape index (κ2) is 8.75. The van der Waals surface area contributed by atoms with Crippen LogP contribution in [0.4, 0.5) is 5.69 Å². The van der Waals surface area contributed by atoms with Crippen LogP contribution in [0.15, 0.2) is 53.4 Å². The maximum Gasteiger partial charge on any atom is 0.266 e. The van der Waals surface area contributed by atoms with Gasteiger partial charge in [-0.05, 0) is 61.2 Å². The first-order chi connectivity index (χ1) is 13.1. The zero-order valence-electron chi connectivity index (χ0n) is 17.1. The Balaban J connectivity index is 2.05. The third kappa shape index (κ3) is 5.33. The van der Waals surface area contributed by atoms with E-state index in [1.165, 1.54) is 12.1 Å². The first-order valence-corrected chi connectivity index (χ1v) is 10.8. The van der Waals surface area contributed by atoms with E-state index < -0.39 is 15.9 Å². The molecule has 28 heavy (non-hydrogen) atoms. The molecule has 0 aliphatic rings. The Morgan fingerprint density at radius 3 is 1.93 bits per heavy atom. The SMILES string of the molecule is CCN(CC)c1ccc(C(=O)NNS(=O)(=O)c2ccc(C(C)(C)C)cc2)cc1. The molecule has 1 amide bonds. The Hall–Kier alpha value is -2.38. The number of carbonyl (C=O) groups excluding carboxylic acids is 1. The molecule has 0 unspecified atom stereocenters. The minimum atomic E-state index is -3.85. The van der Waals surface area contributed by atoms with Gasteiger partial charge in [0, 0.05) is 24.3 Å². The van der Waals surface area contributed by atoms with Crippen molar-refractivity contribution in [1.82, 2.24) is 10.3 Å². The number of hydrogen-bond acceptors (Lipinski definition) is 4. The molecular formula is C21H29N3O3S. The zero-order chi connectivity index (χ0) is 20.9. The van der Waals surface area contributed by atoms with Crippen LogP contribution in [0.1, 0.15) is 50.5 Å². The smallest absolute Gasteiger partial charge is 0.266 e. The molecule has 6 nitrogen and oxygen atoms in total. The third-order valence-corrected chi connectivity index (χ3v) is 5.85. The highest BCUT2D eigenvalue weighted by atomic mass is 32.2. The van der Waals surface area contributed by atoms with E-state index in [2.05, 4.69) is 49.8 Å². The lowest BCUT2D eigenvalue weighted by Crippen LogP contribution is -2.41. The maximum absolute atomic E-state index is 12.4. The van der Waals surface area contributed by atoms with E-state index in [0.717, 1.165) is 24.3 Å². The predicted octanol–water partition coefficient (Wildman–Crippen LogP) is 3.45. The number of nitrogens with one attached hydrogen (secondary N) is 2. The van der Waals surface area contributed by atoms with Crippen molar-refractivity contribution >= 4 is 21.6 Å². The summed E-state index contributed by atoms with van der Waals surface area (Å²) >= 11 is 0. The summed E-state index contributed by atoms with van der Waals surface area (Å²) in [6.45, 7) is 12.0. The molecule has 2 aromatic carbocycles. The van der Waals surface area contributed by atoms with Crippen LogP contribution in [-0.2, 0) is 15.4 Å². The van der Waals surface area contributed by atoms with Gasteiger partial charge in [-0.1, -0.05) is 32.9 Å². The summed E-state index contributed by atoms with van der Waals surface area (Å²) in [4.78, 5) is 16.7. The Morgan fingerprint density at radius 2 is 1.46 bits per heavy atom. The van der Waals surface area contributed by atoms with Crippen molar-refractivity contribution in [3.63, 3.8) is 0 Å². The highest BCUT2D eigenvalue weighted by Crippen LogP contribution is 2.23. The van der Waals surface area contributed by atoms with Crippen LogP contribution in [0.3, 0.4) is 0 Å². The van der Waals surface area contributed by atoms with Gasteiger partial charge in [-0.25, -0.2) is 8.42 Å². The molecule has 0 saturated heterocycles. The molecule has 7 heteroatoms. The predicted molar refractivity (Wildman–Crippen MR) is 113 cm³/mol. The average molecular weight is 404 g/mol. The van der Waals surface area contributed by atoms with Crippen LogP contribution in [0.2, 0.25) is 0 Å². The van der Waals surface area contributed by atoms with Gasteiger partial charge in [-0.3, -0.25) is 10.2 Å². The van der Waals surface area contributed by atoms with E-state index in [0.29, 0.717) is 5.56 Å². The molecule has 2 N–H and O–H groups in total. The van der Waals surface area contributed by atoms with Crippen molar-refractivity contribution in [2.24, 2.45) is 0 Å². The van der Waals surface area contributed by atoms with E-state index in [9.17, 15) is 13.2 Å². The van der Waals surface area contributed by atoms with E-state index in [4.69, 9.17) is 0 Å². The molecule has 2 rings (SSSR count). The summed E-state index contributed by atoms with van der Waals surface area (Å²) in [7, 11) is -3.85. The largest absolute Gasteiger partial charge is 0.372 e. The standard InChI is InChI=1S/C21H29N3O3S/c1-6-24(7-2)18-12-8-16(9-13-18)20(25)22-23-28(26,27)19-14-10-17(11-15-19)21(3,4)5/h8-15,23H,6-7H2,1-5H3,(H,22,25). The quantitative estimate of drug-likeness (QED) is 0.694. The van der Waals surface area contributed by atoms with Crippen LogP contribution in [0.25, 0.3) is 0 Å². The Bertz CT molecular complexity index is 895. The molecule has 152 valence electrons. The average Bonchev–Trinajstić information content (AvgIpc) is 2.67. The fourth-order valence-electron chi connectivity index (χ4n) is 2.79. The molecule has 0 spiro atoms. The monoisotopic (exact) mass is 403 g/mol. The van der Waals surface area contributed by atoms with Gasteiger partial charge in [-0.15, -0.1) is 4.83 Å². The lowest BCUT2D eigenvalue weighted by molar-refractivity contribution is 0.0945. The molecule has 0 radical (unpaired) electrons. The number of nitrogens with zero attached hydrogens (tertiary/aromatic N) is 1. The molecule has 0 bridgehead atoms. The normalized spacial score (nSPS) is 11.9. The summed E-state index contributed by atoms with van der Waals surface area (Å²) in [5, 5.41) is 0. The van der Waals surface area contributed by atoms with Crippen molar-refractivity contribution in [3.8, 4) is 0 Å². The molecule has 2 aromatic rings. The molecule has 0 saturated carbocycles.